The Labute approximate surface area is 243 Å². The Morgan fingerprint density at radius 1 is 0.950 bits per heavy atom. The summed E-state index contributed by atoms with van der Waals surface area (Å²) in [4.78, 5) is 41.7. The molecule has 3 amide bonds. The normalized spacial score (nSPS) is 14.6. The van der Waals surface area contributed by atoms with Crippen molar-refractivity contribution in [3.05, 3.63) is 100 Å². The minimum atomic E-state index is -4.06. The summed E-state index contributed by atoms with van der Waals surface area (Å²) in [5, 5.41) is 2.96. The van der Waals surface area contributed by atoms with Crippen LogP contribution in [0.5, 0.6) is 0 Å². The standard InChI is InChI=1S/C30H32BrN3O5S/c1-21(2)19-32-29(36)26(18-22-9-4-3-5-10-22)33(20-23-11-8-12-24(31)17-23)28(35)15-16-34-30(37)25-13-6-7-14-27(25)40(34,38)39/h3-14,17,21,26H,15-16,18-20H2,1-2H3,(H,32,36)/t26-/m0/s1. The summed E-state index contributed by atoms with van der Waals surface area (Å²) < 4.78 is 27.7. The predicted molar refractivity (Wildman–Crippen MR) is 156 cm³/mol. The van der Waals surface area contributed by atoms with E-state index in [1.54, 1.807) is 12.1 Å². The first-order valence-electron chi connectivity index (χ1n) is 13.1. The first kappa shape index (κ1) is 29.5. The second kappa shape index (κ2) is 12.8. The maximum atomic E-state index is 13.9. The fraction of sp³-hybridized carbons (Fsp3) is 0.300. The Kier molecular flexibility index (Phi) is 9.42. The van der Waals surface area contributed by atoms with Gasteiger partial charge in [-0.2, -0.15) is 0 Å². The zero-order valence-corrected chi connectivity index (χ0v) is 24.8. The van der Waals surface area contributed by atoms with Crippen LogP contribution in [0, 0.1) is 5.92 Å². The molecule has 210 valence electrons. The fourth-order valence-electron chi connectivity index (χ4n) is 4.60. The Hall–Kier alpha value is -3.50. The van der Waals surface area contributed by atoms with E-state index in [1.165, 1.54) is 17.0 Å². The summed E-state index contributed by atoms with van der Waals surface area (Å²) in [6.45, 7) is 4.23. The van der Waals surface area contributed by atoms with E-state index in [1.807, 2.05) is 68.4 Å². The first-order valence-corrected chi connectivity index (χ1v) is 15.3. The summed E-state index contributed by atoms with van der Waals surface area (Å²) in [6, 6.07) is 22.0. The number of halogens is 1. The molecular weight excluding hydrogens is 594 g/mol. The smallest absolute Gasteiger partial charge is 0.269 e. The molecule has 4 rings (SSSR count). The van der Waals surface area contributed by atoms with Gasteiger partial charge >= 0.3 is 0 Å². The summed E-state index contributed by atoms with van der Waals surface area (Å²) >= 11 is 3.46. The second-order valence-corrected chi connectivity index (χ2v) is 12.9. The molecule has 0 spiro atoms. The van der Waals surface area contributed by atoms with Gasteiger partial charge in [-0.15, -0.1) is 0 Å². The average Bonchev–Trinajstić information content (AvgIpc) is 3.13. The third-order valence-corrected chi connectivity index (χ3v) is 8.97. The van der Waals surface area contributed by atoms with Gasteiger partial charge in [-0.3, -0.25) is 14.4 Å². The van der Waals surface area contributed by atoms with Gasteiger partial charge in [0.15, 0.2) is 0 Å². The lowest BCUT2D eigenvalue weighted by Gasteiger charge is -2.32. The Bertz CT molecular complexity index is 1490. The number of benzene rings is 3. The SMILES string of the molecule is CC(C)CNC(=O)[C@H](Cc1ccccc1)N(Cc1cccc(Br)c1)C(=O)CCN1C(=O)c2ccccc2S1(=O)=O. The molecule has 1 aliphatic heterocycles. The monoisotopic (exact) mass is 625 g/mol. The fourth-order valence-corrected chi connectivity index (χ4v) is 6.62. The quantitative estimate of drug-likeness (QED) is 0.340. The minimum Gasteiger partial charge on any atom is -0.354 e. The van der Waals surface area contributed by atoms with Crippen molar-refractivity contribution in [3.8, 4) is 0 Å². The molecule has 0 fully saturated rings. The summed E-state index contributed by atoms with van der Waals surface area (Å²) in [7, 11) is -4.06. The molecule has 0 saturated heterocycles. The molecule has 0 radical (unpaired) electrons. The number of carbonyl (C=O) groups excluding carboxylic acids is 3. The van der Waals surface area contributed by atoms with Crippen LogP contribution in [0.4, 0.5) is 0 Å². The van der Waals surface area contributed by atoms with Crippen LogP contribution < -0.4 is 5.32 Å². The Morgan fingerprint density at radius 2 is 1.62 bits per heavy atom. The molecule has 1 atom stereocenters. The molecule has 1 aliphatic rings. The largest absolute Gasteiger partial charge is 0.354 e. The molecule has 0 saturated carbocycles. The van der Waals surface area contributed by atoms with Crippen molar-refractivity contribution in [1.29, 1.82) is 0 Å². The van der Waals surface area contributed by atoms with Gasteiger partial charge in [0.1, 0.15) is 10.9 Å². The lowest BCUT2D eigenvalue weighted by atomic mass is 10.0. The van der Waals surface area contributed by atoms with Gasteiger partial charge in [-0.1, -0.05) is 84.4 Å². The van der Waals surface area contributed by atoms with Gasteiger partial charge in [0.25, 0.3) is 15.9 Å². The number of hydrogen-bond donors (Lipinski definition) is 1. The zero-order valence-electron chi connectivity index (χ0n) is 22.4. The molecule has 1 heterocycles. The van der Waals surface area contributed by atoms with E-state index in [2.05, 4.69) is 21.2 Å². The lowest BCUT2D eigenvalue weighted by molar-refractivity contribution is -0.141. The van der Waals surface area contributed by atoms with Crippen LogP contribution in [-0.2, 0) is 32.6 Å². The molecule has 8 nitrogen and oxygen atoms in total. The highest BCUT2D eigenvalue weighted by Gasteiger charge is 2.41. The number of amides is 3. The maximum Gasteiger partial charge on any atom is 0.269 e. The van der Waals surface area contributed by atoms with Crippen molar-refractivity contribution in [3.63, 3.8) is 0 Å². The van der Waals surface area contributed by atoms with Crippen LogP contribution in [-0.4, -0.2) is 54.5 Å². The van der Waals surface area contributed by atoms with E-state index in [0.717, 1.165) is 19.9 Å². The van der Waals surface area contributed by atoms with Gasteiger partial charge < -0.3 is 10.2 Å². The van der Waals surface area contributed by atoms with E-state index in [4.69, 9.17) is 0 Å². The first-order chi connectivity index (χ1) is 19.1. The highest BCUT2D eigenvalue weighted by Crippen LogP contribution is 2.30. The van der Waals surface area contributed by atoms with E-state index >= 15 is 0 Å². The number of nitrogens with one attached hydrogen (secondary N) is 1. The van der Waals surface area contributed by atoms with E-state index in [9.17, 15) is 22.8 Å². The molecule has 3 aromatic carbocycles. The molecule has 3 aromatic rings. The van der Waals surface area contributed by atoms with Crippen LogP contribution in [0.15, 0.2) is 88.2 Å². The number of nitrogens with zero attached hydrogens (tertiary/aromatic N) is 2. The summed E-state index contributed by atoms with van der Waals surface area (Å²) in [5.74, 6) is -1.17. The molecule has 0 aliphatic carbocycles. The van der Waals surface area contributed by atoms with Crippen LogP contribution >= 0.6 is 15.9 Å². The number of hydrogen-bond acceptors (Lipinski definition) is 5. The summed E-state index contributed by atoms with van der Waals surface area (Å²) in [5.41, 5.74) is 1.78. The molecule has 0 unspecified atom stereocenters. The second-order valence-electron chi connectivity index (χ2n) is 10.1. The maximum absolute atomic E-state index is 13.9. The average molecular weight is 627 g/mol. The number of carbonyl (C=O) groups is 3. The van der Waals surface area contributed by atoms with Crippen LogP contribution in [0.1, 0.15) is 41.8 Å². The third kappa shape index (κ3) is 6.79. The molecular formula is C30H32BrN3O5S. The van der Waals surface area contributed by atoms with E-state index in [-0.39, 0.29) is 48.2 Å². The highest BCUT2D eigenvalue weighted by molar-refractivity contribution is 9.10. The molecule has 0 aromatic heterocycles. The van der Waals surface area contributed by atoms with E-state index < -0.39 is 27.9 Å². The number of sulfonamides is 1. The van der Waals surface area contributed by atoms with Crippen molar-refractivity contribution < 1.29 is 22.8 Å². The Morgan fingerprint density at radius 3 is 2.30 bits per heavy atom. The molecule has 1 N–H and O–H groups in total. The van der Waals surface area contributed by atoms with Gasteiger partial charge in [0.2, 0.25) is 11.8 Å². The van der Waals surface area contributed by atoms with Crippen molar-refractivity contribution >= 4 is 43.7 Å². The minimum absolute atomic E-state index is 0.0616. The predicted octanol–water partition coefficient (Wildman–Crippen LogP) is 4.40. The van der Waals surface area contributed by atoms with Crippen molar-refractivity contribution in [2.24, 2.45) is 5.92 Å². The Balaban J connectivity index is 1.63. The van der Waals surface area contributed by atoms with Gasteiger partial charge in [0.05, 0.1) is 5.56 Å². The molecule has 10 heteroatoms. The van der Waals surface area contributed by atoms with Gasteiger partial charge in [-0.05, 0) is 41.3 Å². The van der Waals surface area contributed by atoms with Crippen LogP contribution in [0.2, 0.25) is 0 Å². The molecule has 40 heavy (non-hydrogen) atoms. The number of rotatable bonds is 11. The summed E-state index contributed by atoms with van der Waals surface area (Å²) in [6.07, 6.45) is 0.00656. The highest BCUT2D eigenvalue weighted by atomic mass is 79.9. The number of fused-ring (bicyclic) bond motifs is 1. The van der Waals surface area contributed by atoms with Crippen LogP contribution in [0.25, 0.3) is 0 Å². The van der Waals surface area contributed by atoms with E-state index in [0.29, 0.717) is 6.54 Å². The van der Waals surface area contributed by atoms with Crippen molar-refractivity contribution in [2.75, 3.05) is 13.1 Å². The third-order valence-electron chi connectivity index (χ3n) is 6.64. The van der Waals surface area contributed by atoms with Crippen LogP contribution in [0.3, 0.4) is 0 Å². The lowest BCUT2D eigenvalue weighted by Crippen LogP contribution is -2.51. The topological polar surface area (TPSA) is 104 Å². The zero-order chi connectivity index (χ0) is 28.9. The van der Waals surface area contributed by atoms with Crippen molar-refractivity contribution in [2.45, 2.75) is 44.2 Å². The van der Waals surface area contributed by atoms with Gasteiger partial charge in [-0.25, -0.2) is 12.7 Å². The van der Waals surface area contributed by atoms with Crippen molar-refractivity contribution in [1.82, 2.24) is 14.5 Å². The van der Waals surface area contributed by atoms with Gasteiger partial charge in [0, 0.05) is 36.9 Å². The molecule has 0 bridgehead atoms.